The Balaban J connectivity index is 1.61. The number of halogens is 2. The number of carbonyl (C=O) groups is 2. The maximum Gasteiger partial charge on any atom is 0.258 e. The van der Waals surface area contributed by atoms with Gasteiger partial charge in [0.15, 0.2) is 0 Å². The van der Waals surface area contributed by atoms with Crippen molar-refractivity contribution in [3.63, 3.8) is 0 Å². The first-order valence-electron chi connectivity index (χ1n) is 8.08. The predicted octanol–water partition coefficient (Wildman–Crippen LogP) is 3.77. The molecule has 1 atom stereocenters. The number of nitrogens with one attached hydrogen (secondary N) is 2. The molecule has 0 radical (unpaired) electrons. The lowest BCUT2D eigenvalue weighted by atomic mass is 10.0. The summed E-state index contributed by atoms with van der Waals surface area (Å²) in [5.74, 6) is -0.168. The Morgan fingerprint density at radius 3 is 2.37 bits per heavy atom. The normalized spacial score (nSPS) is 15.8. The van der Waals surface area contributed by atoms with Crippen molar-refractivity contribution in [2.24, 2.45) is 0 Å². The van der Waals surface area contributed by atoms with Gasteiger partial charge in [-0.3, -0.25) is 20.2 Å². The van der Waals surface area contributed by atoms with Gasteiger partial charge in [0, 0.05) is 15.6 Å². The standard InChI is InChI=1S/C18H13Cl2N5O2/c19-12-5-1-10(2-6-12)14-9-15(26)21-18-23-17(24-25(14)18)22-16(27)11-3-7-13(20)8-4-11/h1-8,14H,9H2,(H2,21,22,23,24,26,27). The molecule has 0 saturated carbocycles. The molecular weight excluding hydrogens is 389 g/mol. The molecule has 1 unspecified atom stereocenters. The number of aromatic nitrogens is 3. The zero-order valence-electron chi connectivity index (χ0n) is 13.8. The lowest BCUT2D eigenvalue weighted by molar-refractivity contribution is -0.117. The van der Waals surface area contributed by atoms with Gasteiger partial charge in [0.05, 0.1) is 12.5 Å². The number of benzene rings is 2. The van der Waals surface area contributed by atoms with Crippen LogP contribution in [-0.4, -0.2) is 26.6 Å². The topological polar surface area (TPSA) is 88.9 Å². The van der Waals surface area contributed by atoms with Crippen LogP contribution in [0.25, 0.3) is 0 Å². The number of rotatable bonds is 3. The van der Waals surface area contributed by atoms with Crippen LogP contribution in [0.3, 0.4) is 0 Å². The summed E-state index contributed by atoms with van der Waals surface area (Å²) in [5.41, 5.74) is 1.29. The number of fused-ring (bicyclic) bond motifs is 1. The first-order valence-corrected chi connectivity index (χ1v) is 8.84. The monoisotopic (exact) mass is 401 g/mol. The summed E-state index contributed by atoms with van der Waals surface area (Å²) in [6.45, 7) is 0. The van der Waals surface area contributed by atoms with Crippen molar-refractivity contribution < 1.29 is 9.59 Å². The van der Waals surface area contributed by atoms with Crippen LogP contribution < -0.4 is 10.6 Å². The maximum absolute atomic E-state index is 12.3. The predicted molar refractivity (Wildman–Crippen MR) is 102 cm³/mol. The molecule has 3 aromatic rings. The summed E-state index contributed by atoms with van der Waals surface area (Å²) in [4.78, 5) is 28.6. The molecule has 2 amide bonds. The van der Waals surface area contributed by atoms with Crippen LogP contribution in [0.4, 0.5) is 11.9 Å². The summed E-state index contributed by atoms with van der Waals surface area (Å²) >= 11 is 11.8. The fourth-order valence-corrected chi connectivity index (χ4v) is 3.09. The van der Waals surface area contributed by atoms with Crippen molar-refractivity contribution in [1.29, 1.82) is 0 Å². The van der Waals surface area contributed by atoms with E-state index < -0.39 is 0 Å². The van der Waals surface area contributed by atoms with Gasteiger partial charge in [0.1, 0.15) is 0 Å². The van der Waals surface area contributed by atoms with E-state index in [9.17, 15) is 9.59 Å². The van der Waals surface area contributed by atoms with Gasteiger partial charge in [-0.05, 0) is 42.0 Å². The molecule has 2 aromatic carbocycles. The Hall–Kier alpha value is -2.90. The minimum atomic E-state index is -0.371. The number of amides is 2. The molecule has 0 bridgehead atoms. The molecule has 2 heterocycles. The van der Waals surface area contributed by atoms with E-state index in [0.29, 0.717) is 15.6 Å². The molecule has 7 nitrogen and oxygen atoms in total. The zero-order chi connectivity index (χ0) is 19.0. The van der Waals surface area contributed by atoms with Crippen LogP contribution in [0.2, 0.25) is 10.0 Å². The highest BCUT2D eigenvalue weighted by atomic mass is 35.5. The molecule has 0 saturated heterocycles. The maximum atomic E-state index is 12.3. The van der Waals surface area contributed by atoms with Crippen molar-refractivity contribution >= 4 is 46.9 Å². The lowest BCUT2D eigenvalue weighted by Gasteiger charge is -2.23. The fourth-order valence-electron chi connectivity index (χ4n) is 2.84. The first-order chi connectivity index (χ1) is 13.0. The smallest absolute Gasteiger partial charge is 0.258 e. The summed E-state index contributed by atoms with van der Waals surface area (Å²) < 4.78 is 1.59. The van der Waals surface area contributed by atoms with Crippen molar-refractivity contribution in [2.75, 3.05) is 10.6 Å². The Morgan fingerprint density at radius 1 is 1.07 bits per heavy atom. The van der Waals surface area contributed by atoms with Crippen LogP contribution in [0.5, 0.6) is 0 Å². The second kappa shape index (κ2) is 7.02. The largest absolute Gasteiger partial charge is 0.295 e. The summed E-state index contributed by atoms with van der Waals surface area (Å²) in [7, 11) is 0. The third kappa shape index (κ3) is 3.65. The highest BCUT2D eigenvalue weighted by molar-refractivity contribution is 6.30. The average Bonchev–Trinajstić information content (AvgIpc) is 3.04. The minimum Gasteiger partial charge on any atom is -0.295 e. The van der Waals surface area contributed by atoms with E-state index in [1.54, 1.807) is 41.1 Å². The van der Waals surface area contributed by atoms with Crippen LogP contribution in [0.1, 0.15) is 28.4 Å². The quantitative estimate of drug-likeness (QED) is 0.698. The molecule has 27 heavy (non-hydrogen) atoms. The average molecular weight is 402 g/mol. The zero-order valence-corrected chi connectivity index (χ0v) is 15.3. The van der Waals surface area contributed by atoms with Crippen molar-refractivity contribution in [3.05, 3.63) is 69.7 Å². The first kappa shape index (κ1) is 17.5. The third-order valence-electron chi connectivity index (χ3n) is 4.14. The number of carbonyl (C=O) groups excluding carboxylic acids is 2. The van der Waals surface area contributed by atoms with E-state index in [1.807, 2.05) is 12.1 Å². The van der Waals surface area contributed by atoms with Gasteiger partial charge >= 0.3 is 0 Å². The van der Waals surface area contributed by atoms with Crippen molar-refractivity contribution in [3.8, 4) is 0 Å². The summed E-state index contributed by atoms with van der Waals surface area (Å²) in [5, 5.41) is 10.8. The second-order valence-corrected chi connectivity index (χ2v) is 6.86. The molecular formula is C18H13Cl2N5O2. The van der Waals surface area contributed by atoms with Crippen molar-refractivity contribution in [1.82, 2.24) is 14.8 Å². The van der Waals surface area contributed by atoms with Gasteiger partial charge in [-0.2, -0.15) is 4.98 Å². The van der Waals surface area contributed by atoms with Crippen LogP contribution in [0, 0.1) is 0 Å². The Bertz CT molecular complexity index is 1020. The van der Waals surface area contributed by atoms with Crippen LogP contribution >= 0.6 is 23.2 Å². The van der Waals surface area contributed by atoms with Gasteiger partial charge < -0.3 is 0 Å². The van der Waals surface area contributed by atoms with Gasteiger partial charge in [-0.15, -0.1) is 5.10 Å². The summed E-state index contributed by atoms with van der Waals surface area (Å²) in [6.07, 6.45) is 0.211. The molecule has 4 rings (SSSR count). The number of anilines is 2. The van der Waals surface area contributed by atoms with Gasteiger partial charge in [-0.1, -0.05) is 35.3 Å². The molecule has 1 aliphatic heterocycles. The van der Waals surface area contributed by atoms with Gasteiger partial charge in [0.2, 0.25) is 11.9 Å². The van der Waals surface area contributed by atoms with E-state index in [0.717, 1.165) is 5.56 Å². The fraction of sp³-hybridized carbons (Fsp3) is 0.111. The SMILES string of the molecule is O=C1CC(c2ccc(Cl)cc2)n2nc(NC(=O)c3ccc(Cl)cc3)nc2N1. The van der Waals surface area contributed by atoms with Crippen molar-refractivity contribution in [2.45, 2.75) is 12.5 Å². The number of hydrogen-bond acceptors (Lipinski definition) is 4. The molecule has 0 fully saturated rings. The molecule has 136 valence electrons. The molecule has 9 heteroatoms. The van der Waals surface area contributed by atoms with E-state index in [4.69, 9.17) is 23.2 Å². The molecule has 2 N–H and O–H groups in total. The number of hydrogen-bond donors (Lipinski definition) is 2. The lowest BCUT2D eigenvalue weighted by Crippen LogP contribution is -2.29. The van der Waals surface area contributed by atoms with Crippen LogP contribution in [-0.2, 0) is 4.79 Å². The molecule has 0 aliphatic carbocycles. The minimum absolute atomic E-state index is 0.103. The molecule has 1 aromatic heterocycles. The van der Waals surface area contributed by atoms with Gasteiger partial charge in [0.25, 0.3) is 11.9 Å². The van der Waals surface area contributed by atoms with Crippen LogP contribution in [0.15, 0.2) is 48.5 Å². The molecule has 0 spiro atoms. The third-order valence-corrected chi connectivity index (χ3v) is 4.65. The molecule has 1 aliphatic rings. The number of nitrogens with zero attached hydrogens (tertiary/aromatic N) is 3. The van der Waals surface area contributed by atoms with E-state index in [1.165, 1.54) is 0 Å². The van der Waals surface area contributed by atoms with Gasteiger partial charge in [-0.25, -0.2) is 4.68 Å². The highest BCUT2D eigenvalue weighted by Crippen LogP contribution is 2.30. The summed E-state index contributed by atoms with van der Waals surface area (Å²) in [6, 6.07) is 13.3. The Morgan fingerprint density at radius 2 is 1.70 bits per heavy atom. The second-order valence-electron chi connectivity index (χ2n) is 5.98. The van der Waals surface area contributed by atoms with E-state index in [-0.39, 0.29) is 36.2 Å². The Kier molecular flexibility index (Phi) is 4.55. The Labute approximate surface area is 164 Å². The van der Waals surface area contributed by atoms with E-state index in [2.05, 4.69) is 20.7 Å². The van der Waals surface area contributed by atoms with E-state index >= 15 is 0 Å². The highest BCUT2D eigenvalue weighted by Gasteiger charge is 2.29.